The van der Waals surface area contributed by atoms with Gasteiger partial charge in [-0.25, -0.2) is 0 Å². The Bertz CT molecular complexity index is 188. The minimum Gasteiger partial charge on any atom is -0.410 e. The monoisotopic (exact) mass is 157 g/mol. The lowest BCUT2D eigenvalue weighted by Gasteiger charge is -2.13. The Labute approximate surface area is 65.1 Å². The van der Waals surface area contributed by atoms with Crippen molar-refractivity contribution in [3.8, 4) is 0 Å². The van der Waals surface area contributed by atoms with Crippen molar-refractivity contribution in [3.05, 3.63) is 12.5 Å². The average Bonchev–Trinajstić information content (AvgIpc) is 1.86. The van der Waals surface area contributed by atoms with Crippen molar-refractivity contribution in [2.24, 2.45) is 10.9 Å². The van der Waals surface area contributed by atoms with Crippen LogP contribution in [0, 0.1) is 0 Å². The zero-order valence-corrected chi connectivity index (χ0v) is 6.57. The highest BCUT2D eigenvalue weighted by atomic mass is 16.5. The predicted octanol–water partition coefficient (Wildman–Crippen LogP) is -0.145. The molecule has 0 aliphatic heterocycles. The van der Waals surface area contributed by atoms with Gasteiger partial charge in [-0.05, 0) is 6.58 Å². The van der Waals surface area contributed by atoms with Crippen LogP contribution in [0.1, 0.15) is 6.92 Å². The largest absolute Gasteiger partial charge is 0.410 e. The number of esters is 1. The van der Waals surface area contributed by atoms with Crippen molar-refractivity contribution in [1.82, 2.24) is 4.90 Å². The molecular weight excluding hydrogens is 146 g/mol. The molecule has 0 fully saturated rings. The molecule has 11 heavy (non-hydrogen) atoms. The summed E-state index contributed by atoms with van der Waals surface area (Å²) in [6, 6.07) is 0. The molecule has 0 aliphatic carbocycles. The minimum absolute atomic E-state index is 0.187. The molecule has 0 saturated heterocycles. The molecule has 0 unspecified atom stereocenters. The molecule has 5 nitrogen and oxygen atoms in total. The Balaban J connectivity index is 3.93. The second-order valence-corrected chi connectivity index (χ2v) is 1.86. The number of carbonyl (C=O) groups is 1. The van der Waals surface area contributed by atoms with Crippen molar-refractivity contribution in [2.75, 3.05) is 7.05 Å². The summed E-state index contributed by atoms with van der Waals surface area (Å²) in [7, 11) is 1.61. The van der Waals surface area contributed by atoms with Gasteiger partial charge in [-0.1, -0.05) is 0 Å². The Morgan fingerprint density at radius 1 is 1.82 bits per heavy atom. The van der Waals surface area contributed by atoms with Gasteiger partial charge >= 0.3 is 5.97 Å². The third-order valence-corrected chi connectivity index (χ3v) is 0.895. The molecule has 0 aliphatic rings. The number of rotatable bonds is 3. The molecule has 0 radical (unpaired) electrons. The number of nitrogens with zero attached hydrogens (tertiary/aromatic N) is 2. The van der Waals surface area contributed by atoms with E-state index in [1.165, 1.54) is 18.2 Å². The molecule has 0 aromatic rings. The van der Waals surface area contributed by atoms with E-state index in [2.05, 4.69) is 16.4 Å². The van der Waals surface area contributed by atoms with Crippen LogP contribution < -0.4 is 5.84 Å². The van der Waals surface area contributed by atoms with Crippen molar-refractivity contribution >= 4 is 12.3 Å². The molecule has 0 saturated carbocycles. The summed E-state index contributed by atoms with van der Waals surface area (Å²) in [5, 5.41) is 3.21. The van der Waals surface area contributed by atoms with E-state index in [1.807, 2.05) is 0 Å². The molecular formula is C6H11N3O2. The number of hydrogen-bond acceptors (Lipinski definition) is 4. The molecule has 62 valence electrons. The van der Waals surface area contributed by atoms with Crippen LogP contribution in [0.25, 0.3) is 0 Å². The summed E-state index contributed by atoms with van der Waals surface area (Å²) in [6.07, 6.45) is 1.28. The summed E-state index contributed by atoms with van der Waals surface area (Å²) in [5.41, 5.74) is 0. The van der Waals surface area contributed by atoms with Gasteiger partial charge in [0.25, 0.3) is 0 Å². The smallest absolute Gasteiger partial charge is 0.309 e. The first kappa shape index (κ1) is 9.48. The second-order valence-electron chi connectivity index (χ2n) is 1.86. The van der Waals surface area contributed by atoms with Crippen molar-refractivity contribution in [2.45, 2.75) is 6.92 Å². The van der Waals surface area contributed by atoms with E-state index in [9.17, 15) is 4.79 Å². The lowest BCUT2D eigenvalue weighted by molar-refractivity contribution is -0.138. The van der Waals surface area contributed by atoms with Gasteiger partial charge < -0.3 is 15.5 Å². The van der Waals surface area contributed by atoms with E-state index >= 15 is 0 Å². The van der Waals surface area contributed by atoms with Crippen molar-refractivity contribution in [1.29, 1.82) is 0 Å². The Kier molecular flexibility index (Phi) is 3.72. The molecule has 2 N–H and O–H groups in total. The highest BCUT2D eigenvalue weighted by Crippen LogP contribution is 1.96. The Morgan fingerprint density at radius 3 is 2.73 bits per heavy atom. The Morgan fingerprint density at radius 2 is 2.36 bits per heavy atom. The molecule has 0 aromatic carbocycles. The SMILES string of the molecule is C=C(OC(C)=O)N(C)/C=N\N. The lowest BCUT2D eigenvalue weighted by atomic mass is 10.7. The fraction of sp³-hybridized carbons (Fsp3) is 0.333. The minimum atomic E-state index is -0.424. The summed E-state index contributed by atoms with van der Waals surface area (Å²) in [4.78, 5) is 11.8. The first-order valence-corrected chi connectivity index (χ1v) is 2.91. The van der Waals surface area contributed by atoms with Gasteiger partial charge in [-0.2, -0.15) is 5.10 Å². The standard InChI is InChI=1S/C6H11N3O2/c1-5(11-6(2)10)9(3)4-8-7/h4H,1,7H2,2-3H3/b8-4-. The van der Waals surface area contributed by atoms with Gasteiger partial charge in [0.2, 0.25) is 0 Å². The third-order valence-electron chi connectivity index (χ3n) is 0.895. The zero-order valence-electron chi connectivity index (χ0n) is 6.57. The number of carbonyl (C=O) groups excluding carboxylic acids is 1. The van der Waals surface area contributed by atoms with E-state index < -0.39 is 5.97 Å². The topological polar surface area (TPSA) is 67.9 Å². The molecule has 5 heteroatoms. The fourth-order valence-corrected chi connectivity index (χ4v) is 0.402. The maximum Gasteiger partial charge on any atom is 0.309 e. The van der Waals surface area contributed by atoms with Gasteiger partial charge in [0.05, 0.1) is 0 Å². The first-order chi connectivity index (χ1) is 5.07. The zero-order chi connectivity index (χ0) is 8.85. The maximum atomic E-state index is 10.4. The van der Waals surface area contributed by atoms with Crippen LogP contribution in [0.2, 0.25) is 0 Å². The van der Waals surface area contributed by atoms with Gasteiger partial charge in [-0.3, -0.25) is 4.79 Å². The summed E-state index contributed by atoms with van der Waals surface area (Å²) in [5.74, 6) is 4.61. The average molecular weight is 157 g/mol. The molecule has 0 aromatic heterocycles. The highest BCUT2D eigenvalue weighted by Gasteiger charge is 2.01. The van der Waals surface area contributed by atoms with Gasteiger partial charge in [-0.15, -0.1) is 0 Å². The van der Waals surface area contributed by atoms with Crippen LogP contribution in [0.4, 0.5) is 0 Å². The second kappa shape index (κ2) is 4.32. The maximum absolute atomic E-state index is 10.4. The van der Waals surface area contributed by atoms with E-state index in [1.54, 1.807) is 7.05 Å². The van der Waals surface area contributed by atoms with Crippen molar-refractivity contribution in [3.63, 3.8) is 0 Å². The van der Waals surface area contributed by atoms with E-state index in [4.69, 9.17) is 5.84 Å². The van der Waals surface area contributed by atoms with E-state index in [0.717, 1.165) is 0 Å². The van der Waals surface area contributed by atoms with Crippen LogP contribution in [-0.2, 0) is 9.53 Å². The first-order valence-electron chi connectivity index (χ1n) is 2.91. The molecule has 0 heterocycles. The van der Waals surface area contributed by atoms with Crippen LogP contribution in [0.5, 0.6) is 0 Å². The van der Waals surface area contributed by atoms with Crippen molar-refractivity contribution < 1.29 is 9.53 Å². The highest BCUT2D eigenvalue weighted by molar-refractivity contribution is 5.68. The lowest BCUT2D eigenvalue weighted by Crippen LogP contribution is -2.19. The van der Waals surface area contributed by atoms with E-state index in [0.29, 0.717) is 0 Å². The number of nitrogens with two attached hydrogens (primary N) is 1. The van der Waals surface area contributed by atoms with Crippen LogP contribution >= 0.6 is 0 Å². The number of hydrogen-bond donors (Lipinski definition) is 1. The van der Waals surface area contributed by atoms with Crippen LogP contribution in [0.3, 0.4) is 0 Å². The Hall–Kier alpha value is -1.52. The quantitative estimate of drug-likeness (QED) is 0.154. The fourth-order valence-electron chi connectivity index (χ4n) is 0.402. The normalized spacial score (nSPS) is 9.64. The summed E-state index contributed by atoms with van der Waals surface area (Å²) >= 11 is 0. The molecule has 0 bridgehead atoms. The number of hydrazone groups is 1. The summed E-state index contributed by atoms with van der Waals surface area (Å²) in [6.45, 7) is 4.74. The van der Waals surface area contributed by atoms with Gasteiger partial charge in [0, 0.05) is 14.0 Å². The number of ether oxygens (including phenoxy) is 1. The third kappa shape index (κ3) is 3.96. The predicted molar refractivity (Wildman–Crippen MR) is 41.3 cm³/mol. The molecule has 0 rings (SSSR count). The van der Waals surface area contributed by atoms with Crippen LogP contribution in [-0.4, -0.2) is 24.3 Å². The van der Waals surface area contributed by atoms with Gasteiger partial charge in [0.1, 0.15) is 6.34 Å². The van der Waals surface area contributed by atoms with Gasteiger partial charge in [0.15, 0.2) is 5.88 Å². The van der Waals surface area contributed by atoms with Crippen LogP contribution in [0.15, 0.2) is 17.6 Å². The summed E-state index contributed by atoms with van der Waals surface area (Å²) < 4.78 is 4.61. The molecule has 0 spiro atoms. The molecule has 0 atom stereocenters. The van der Waals surface area contributed by atoms with E-state index in [-0.39, 0.29) is 5.88 Å². The molecule has 0 amide bonds.